The van der Waals surface area contributed by atoms with Crippen molar-refractivity contribution < 1.29 is 18.0 Å². The van der Waals surface area contributed by atoms with E-state index in [0.29, 0.717) is 16.8 Å². The Morgan fingerprint density at radius 2 is 1.90 bits per heavy atom. The van der Waals surface area contributed by atoms with E-state index < -0.39 is 17.8 Å². The number of nitrogens with one attached hydrogen (secondary N) is 1. The number of fused-ring (bicyclic) bond motifs is 1. The molecule has 0 radical (unpaired) electrons. The molecule has 5 rings (SSSR count). The highest BCUT2D eigenvalue weighted by Gasteiger charge is 2.37. The van der Waals surface area contributed by atoms with E-state index in [1.54, 1.807) is 4.68 Å². The lowest BCUT2D eigenvalue weighted by atomic mass is 10.2. The molecule has 1 aliphatic rings. The van der Waals surface area contributed by atoms with Gasteiger partial charge in [0.2, 0.25) is 5.95 Å². The van der Waals surface area contributed by atoms with Crippen molar-refractivity contribution in [3.63, 3.8) is 0 Å². The molecule has 1 aromatic carbocycles. The lowest BCUT2D eigenvalue weighted by Crippen LogP contribution is -2.16. The fourth-order valence-electron chi connectivity index (χ4n) is 3.26. The molecule has 3 aromatic heterocycles. The van der Waals surface area contributed by atoms with Crippen LogP contribution in [0.4, 0.5) is 19.1 Å². The van der Waals surface area contributed by atoms with Crippen LogP contribution in [0.5, 0.6) is 0 Å². The number of anilines is 1. The Kier molecular flexibility index (Phi) is 4.45. The van der Waals surface area contributed by atoms with Crippen molar-refractivity contribution in [2.45, 2.75) is 31.5 Å². The number of carbonyl (C=O) groups excluding carboxylic acids is 1. The topological polar surface area (TPSA) is 90.0 Å². The predicted molar refractivity (Wildman–Crippen MR) is 103 cm³/mol. The van der Waals surface area contributed by atoms with Crippen LogP contribution < -0.4 is 5.32 Å². The van der Waals surface area contributed by atoms with E-state index >= 15 is 0 Å². The first kappa shape index (κ1) is 19.2. The summed E-state index contributed by atoms with van der Waals surface area (Å²) in [7, 11) is 0. The normalized spacial score (nSPS) is 14.2. The van der Waals surface area contributed by atoms with Crippen molar-refractivity contribution in [2.75, 3.05) is 5.32 Å². The van der Waals surface area contributed by atoms with Gasteiger partial charge in [0, 0.05) is 17.7 Å². The minimum Gasteiger partial charge on any atom is -0.288 e. The maximum Gasteiger partial charge on any atom is 0.433 e. The molecule has 0 aliphatic heterocycles. The SMILES string of the molecule is O=C(Nc1ncn(Cc2ccccc2)n1)c1cc2nc(C3CC3)cc(C(F)(F)F)n2n1. The zero-order chi connectivity index (χ0) is 21.6. The number of hydrogen-bond donors (Lipinski definition) is 1. The van der Waals surface area contributed by atoms with E-state index in [1.807, 2.05) is 30.3 Å². The lowest BCUT2D eigenvalue weighted by molar-refractivity contribution is -0.142. The first-order chi connectivity index (χ1) is 14.9. The molecule has 0 saturated heterocycles. The Morgan fingerprint density at radius 3 is 2.61 bits per heavy atom. The predicted octanol–water partition coefficient (Wildman–Crippen LogP) is 3.52. The van der Waals surface area contributed by atoms with Crippen LogP contribution in [0, 0.1) is 0 Å². The molecular weight excluding hydrogens is 411 g/mol. The number of hydrogen-bond acceptors (Lipinski definition) is 5. The monoisotopic (exact) mass is 427 g/mol. The number of alkyl halides is 3. The summed E-state index contributed by atoms with van der Waals surface area (Å²) in [5, 5.41) is 10.5. The van der Waals surface area contributed by atoms with Crippen molar-refractivity contribution >= 4 is 17.5 Å². The minimum absolute atomic E-state index is 0.0237. The summed E-state index contributed by atoms with van der Waals surface area (Å²) in [4.78, 5) is 20.8. The minimum atomic E-state index is -4.62. The van der Waals surface area contributed by atoms with Crippen LogP contribution in [0.25, 0.3) is 5.65 Å². The average Bonchev–Trinajstić information content (AvgIpc) is 3.35. The molecule has 1 aliphatic carbocycles. The summed E-state index contributed by atoms with van der Waals surface area (Å²) in [5.74, 6) is -0.666. The van der Waals surface area contributed by atoms with Crippen molar-refractivity contribution in [3.05, 3.63) is 71.4 Å². The molecule has 0 atom stereocenters. The second kappa shape index (κ2) is 7.18. The summed E-state index contributed by atoms with van der Waals surface area (Å²) in [6.07, 6.45) is -1.56. The highest BCUT2D eigenvalue weighted by atomic mass is 19.4. The molecule has 0 spiro atoms. The summed E-state index contributed by atoms with van der Waals surface area (Å²) >= 11 is 0. The Balaban J connectivity index is 1.39. The maximum absolute atomic E-state index is 13.5. The number of aromatic nitrogens is 6. The number of benzene rings is 1. The van der Waals surface area contributed by atoms with Crippen LogP contribution in [0.2, 0.25) is 0 Å². The van der Waals surface area contributed by atoms with Gasteiger partial charge in [0.15, 0.2) is 11.3 Å². The van der Waals surface area contributed by atoms with Gasteiger partial charge in [0.05, 0.1) is 6.54 Å². The van der Waals surface area contributed by atoms with Gasteiger partial charge in [0.25, 0.3) is 5.91 Å². The fourth-order valence-corrected chi connectivity index (χ4v) is 3.26. The maximum atomic E-state index is 13.5. The van der Waals surface area contributed by atoms with Crippen LogP contribution >= 0.6 is 0 Å². The van der Waals surface area contributed by atoms with Gasteiger partial charge in [-0.15, -0.1) is 5.10 Å². The molecule has 1 amide bonds. The largest absolute Gasteiger partial charge is 0.433 e. The number of rotatable bonds is 5. The Bertz CT molecular complexity index is 1260. The molecule has 1 N–H and O–H groups in total. The van der Waals surface area contributed by atoms with Crippen LogP contribution in [0.1, 0.15) is 46.2 Å². The number of nitrogens with zero attached hydrogens (tertiary/aromatic N) is 6. The van der Waals surface area contributed by atoms with Crippen molar-refractivity contribution in [2.24, 2.45) is 0 Å². The molecule has 158 valence electrons. The van der Waals surface area contributed by atoms with Crippen LogP contribution in [0.15, 0.2) is 48.8 Å². The van der Waals surface area contributed by atoms with E-state index in [-0.39, 0.29) is 23.2 Å². The fraction of sp³-hybridized carbons (Fsp3) is 0.250. The first-order valence-corrected chi connectivity index (χ1v) is 9.59. The highest BCUT2D eigenvalue weighted by molar-refractivity contribution is 6.02. The Morgan fingerprint density at radius 1 is 1.13 bits per heavy atom. The zero-order valence-electron chi connectivity index (χ0n) is 16.0. The van der Waals surface area contributed by atoms with Gasteiger partial charge in [-0.1, -0.05) is 30.3 Å². The summed E-state index contributed by atoms with van der Waals surface area (Å²) in [6.45, 7) is 0.459. The van der Waals surface area contributed by atoms with E-state index in [4.69, 9.17) is 0 Å². The van der Waals surface area contributed by atoms with E-state index in [9.17, 15) is 18.0 Å². The Hall–Kier alpha value is -3.76. The summed E-state index contributed by atoms with van der Waals surface area (Å²) < 4.78 is 42.7. The molecule has 31 heavy (non-hydrogen) atoms. The third kappa shape index (κ3) is 3.98. The van der Waals surface area contributed by atoms with Crippen molar-refractivity contribution in [1.82, 2.24) is 29.4 Å². The van der Waals surface area contributed by atoms with Gasteiger partial charge in [0.1, 0.15) is 12.0 Å². The van der Waals surface area contributed by atoms with Gasteiger partial charge in [-0.05, 0) is 24.5 Å². The summed E-state index contributed by atoms with van der Waals surface area (Å²) in [6, 6.07) is 11.8. The molecular formula is C20H16F3N7O. The number of amides is 1. The molecule has 11 heteroatoms. The van der Waals surface area contributed by atoms with E-state index in [0.717, 1.165) is 24.5 Å². The molecule has 0 bridgehead atoms. The lowest BCUT2D eigenvalue weighted by Gasteiger charge is -2.10. The smallest absolute Gasteiger partial charge is 0.288 e. The molecule has 1 fully saturated rings. The number of halogens is 3. The molecule has 4 aromatic rings. The Labute approximate surface area is 173 Å². The van der Waals surface area contributed by atoms with Crippen molar-refractivity contribution in [3.8, 4) is 0 Å². The molecule has 0 unspecified atom stereocenters. The van der Waals surface area contributed by atoms with Gasteiger partial charge >= 0.3 is 6.18 Å². The van der Waals surface area contributed by atoms with Gasteiger partial charge in [-0.25, -0.2) is 19.2 Å². The second-order valence-corrected chi connectivity index (χ2v) is 7.34. The molecule has 1 saturated carbocycles. The van der Waals surface area contributed by atoms with Gasteiger partial charge < -0.3 is 0 Å². The third-order valence-corrected chi connectivity index (χ3v) is 4.91. The van der Waals surface area contributed by atoms with Gasteiger partial charge in [-0.3, -0.25) is 10.1 Å². The van der Waals surface area contributed by atoms with Crippen molar-refractivity contribution in [1.29, 1.82) is 0 Å². The average molecular weight is 427 g/mol. The highest BCUT2D eigenvalue weighted by Crippen LogP contribution is 2.41. The quantitative estimate of drug-likeness (QED) is 0.526. The summed E-state index contributed by atoms with van der Waals surface area (Å²) in [5.41, 5.74) is 0.189. The molecule has 3 heterocycles. The van der Waals surface area contributed by atoms with E-state index in [1.165, 1.54) is 12.4 Å². The zero-order valence-corrected chi connectivity index (χ0v) is 16.0. The van der Waals surface area contributed by atoms with E-state index in [2.05, 4.69) is 25.5 Å². The standard InChI is InChI=1S/C20H16F3N7O/c21-20(22,23)16-8-14(13-6-7-13)25-17-9-15(27-30(16)17)18(31)26-19-24-11-29(28-19)10-12-4-2-1-3-5-12/h1-5,8-9,11,13H,6-7,10H2,(H,26,28,31). The third-order valence-electron chi connectivity index (χ3n) is 4.91. The van der Waals surface area contributed by atoms with Crippen LogP contribution in [0.3, 0.4) is 0 Å². The van der Waals surface area contributed by atoms with Crippen LogP contribution in [-0.2, 0) is 12.7 Å². The second-order valence-electron chi connectivity index (χ2n) is 7.34. The number of carbonyl (C=O) groups is 1. The van der Waals surface area contributed by atoms with Crippen LogP contribution in [-0.4, -0.2) is 35.3 Å². The first-order valence-electron chi connectivity index (χ1n) is 9.59. The molecule has 8 nitrogen and oxygen atoms in total. The van der Waals surface area contributed by atoms with Gasteiger partial charge in [-0.2, -0.15) is 18.3 Å².